The number of allylic oxidation sites excluding steroid dienone is 2. The molecule has 29 heavy (non-hydrogen) atoms. The van der Waals surface area contributed by atoms with Gasteiger partial charge in [0.2, 0.25) is 0 Å². The largest absolute Gasteiger partial charge is 0.491 e. The van der Waals surface area contributed by atoms with Crippen molar-refractivity contribution in [3.63, 3.8) is 0 Å². The molecule has 2 saturated heterocycles. The summed E-state index contributed by atoms with van der Waals surface area (Å²) < 4.78 is 17.4. The van der Waals surface area contributed by atoms with Crippen LogP contribution in [-0.4, -0.2) is 86.4 Å². The van der Waals surface area contributed by atoms with Crippen LogP contribution in [0.4, 0.5) is 0 Å². The summed E-state index contributed by atoms with van der Waals surface area (Å²) in [7, 11) is 0. The van der Waals surface area contributed by atoms with Crippen molar-refractivity contribution in [1.82, 2.24) is 0 Å². The van der Waals surface area contributed by atoms with Gasteiger partial charge < -0.3 is 39.7 Å². The standard InChI is InChI=1S/C20H30O9/c1-4-5-20-7-11(23)10(22)6-13(20)28-14(8-20)19(2,3)29-18-17(26)16(25)15(24)12(9-21)27-18/h4,6,11-12,14-18,21,23-26H,1,5,7-9H2,2-3H3/t11-,12+,14-,15+,16-,17+,18-,20-/m1/s1. The second-order valence-electron chi connectivity index (χ2n) is 8.63. The summed E-state index contributed by atoms with van der Waals surface area (Å²) in [5, 5.41) is 49.6. The van der Waals surface area contributed by atoms with Gasteiger partial charge in [0, 0.05) is 17.9 Å². The topological polar surface area (TPSA) is 146 Å². The molecule has 9 heteroatoms. The number of fused-ring (bicyclic) bond motifs is 1. The first kappa shape index (κ1) is 22.4. The monoisotopic (exact) mass is 414 g/mol. The minimum Gasteiger partial charge on any atom is -0.491 e. The SMILES string of the molecule is C=CC[C@]12C[C@@H](O)C(=O)C=C1O[C@@H](C(C)(C)O[C@H]1O[C@@H](CO)[C@H](O)[C@@H](O)[C@@H]1O)C2. The quantitative estimate of drug-likeness (QED) is 0.351. The Labute approximate surface area is 169 Å². The van der Waals surface area contributed by atoms with Gasteiger partial charge in [-0.25, -0.2) is 0 Å². The minimum absolute atomic E-state index is 0.219. The Bertz CT molecular complexity index is 673. The zero-order valence-corrected chi connectivity index (χ0v) is 16.6. The highest BCUT2D eigenvalue weighted by Crippen LogP contribution is 2.53. The summed E-state index contributed by atoms with van der Waals surface area (Å²) >= 11 is 0. The van der Waals surface area contributed by atoms with Crippen LogP contribution in [0.1, 0.15) is 33.1 Å². The molecule has 0 spiro atoms. The highest BCUT2D eigenvalue weighted by atomic mass is 16.7. The maximum Gasteiger partial charge on any atom is 0.187 e. The molecule has 3 rings (SSSR count). The van der Waals surface area contributed by atoms with Crippen LogP contribution in [0.3, 0.4) is 0 Å². The van der Waals surface area contributed by atoms with E-state index in [1.165, 1.54) is 6.08 Å². The zero-order chi connectivity index (χ0) is 21.6. The maximum absolute atomic E-state index is 11.9. The summed E-state index contributed by atoms with van der Waals surface area (Å²) in [6.45, 7) is 6.65. The van der Waals surface area contributed by atoms with Crippen molar-refractivity contribution in [2.75, 3.05) is 6.61 Å². The van der Waals surface area contributed by atoms with E-state index in [1.54, 1.807) is 19.9 Å². The van der Waals surface area contributed by atoms with Gasteiger partial charge in [-0.2, -0.15) is 0 Å². The van der Waals surface area contributed by atoms with Gasteiger partial charge in [-0.3, -0.25) is 4.79 Å². The van der Waals surface area contributed by atoms with Crippen LogP contribution in [0.25, 0.3) is 0 Å². The Kier molecular flexibility index (Phi) is 6.22. The summed E-state index contributed by atoms with van der Waals surface area (Å²) in [5.74, 6) is 0.0659. The lowest BCUT2D eigenvalue weighted by atomic mass is 9.70. The van der Waals surface area contributed by atoms with Crippen molar-refractivity contribution in [3.8, 4) is 0 Å². The number of ketones is 1. The van der Waals surface area contributed by atoms with E-state index in [2.05, 4.69) is 6.58 Å². The van der Waals surface area contributed by atoms with E-state index in [0.29, 0.717) is 18.6 Å². The molecule has 164 valence electrons. The van der Waals surface area contributed by atoms with Crippen molar-refractivity contribution >= 4 is 5.78 Å². The predicted molar refractivity (Wildman–Crippen MR) is 99.4 cm³/mol. The molecule has 0 radical (unpaired) electrons. The maximum atomic E-state index is 11.9. The molecule has 0 amide bonds. The third-order valence-electron chi connectivity index (χ3n) is 6.13. The lowest BCUT2D eigenvalue weighted by Crippen LogP contribution is -2.61. The number of carbonyl (C=O) groups excluding carboxylic acids is 1. The number of aliphatic hydroxyl groups excluding tert-OH is 5. The number of aliphatic hydroxyl groups is 5. The molecule has 1 aliphatic carbocycles. The van der Waals surface area contributed by atoms with Crippen molar-refractivity contribution in [2.24, 2.45) is 5.41 Å². The summed E-state index contributed by atoms with van der Waals surface area (Å²) in [4.78, 5) is 11.9. The Morgan fingerprint density at radius 1 is 1.24 bits per heavy atom. The number of rotatable bonds is 6. The molecule has 0 saturated carbocycles. The molecule has 0 aromatic carbocycles. The lowest BCUT2D eigenvalue weighted by molar-refractivity contribution is -0.330. The predicted octanol–water partition coefficient (Wildman–Crippen LogP) is -0.849. The van der Waals surface area contributed by atoms with Gasteiger partial charge in [0.1, 0.15) is 48.0 Å². The molecule has 5 N–H and O–H groups in total. The van der Waals surface area contributed by atoms with E-state index in [4.69, 9.17) is 14.2 Å². The normalized spacial score (nSPS) is 42.8. The van der Waals surface area contributed by atoms with E-state index in [9.17, 15) is 30.3 Å². The first-order valence-corrected chi connectivity index (χ1v) is 9.74. The van der Waals surface area contributed by atoms with Gasteiger partial charge in [0.25, 0.3) is 0 Å². The molecule has 2 aliphatic heterocycles. The van der Waals surface area contributed by atoms with Gasteiger partial charge >= 0.3 is 0 Å². The van der Waals surface area contributed by atoms with E-state index < -0.39 is 66.3 Å². The molecule has 3 aliphatic rings. The van der Waals surface area contributed by atoms with Gasteiger partial charge in [-0.1, -0.05) is 6.08 Å². The van der Waals surface area contributed by atoms with Gasteiger partial charge in [-0.15, -0.1) is 6.58 Å². The summed E-state index contributed by atoms with van der Waals surface area (Å²) in [6.07, 6.45) is -4.36. The van der Waals surface area contributed by atoms with Crippen LogP contribution < -0.4 is 0 Å². The molecule has 0 aromatic rings. The van der Waals surface area contributed by atoms with Crippen LogP contribution in [-0.2, 0) is 19.0 Å². The molecule has 9 nitrogen and oxygen atoms in total. The fourth-order valence-electron chi connectivity index (χ4n) is 4.31. The van der Waals surface area contributed by atoms with Crippen LogP contribution in [0.15, 0.2) is 24.5 Å². The van der Waals surface area contributed by atoms with E-state index in [-0.39, 0.29) is 6.42 Å². The van der Waals surface area contributed by atoms with Gasteiger partial charge in [0.05, 0.1) is 6.61 Å². The summed E-state index contributed by atoms with van der Waals surface area (Å²) in [5.41, 5.74) is -1.61. The van der Waals surface area contributed by atoms with Crippen LogP contribution in [0, 0.1) is 5.41 Å². The number of hydrogen-bond donors (Lipinski definition) is 5. The molecular formula is C20H30O9. The van der Waals surface area contributed by atoms with Gasteiger partial charge in [0.15, 0.2) is 12.1 Å². The summed E-state index contributed by atoms with van der Waals surface area (Å²) in [6, 6.07) is 0. The van der Waals surface area contributed by atoms with Crippen molar-refractivity contribution in [2.45, 2.75) is 81.6 Å². The fourth-order valence-corrected chi connectivity index (χ4v) is 4.31. The van der Waals surface area contributed by atoms with Crippen LogP contribution in [0.2, 0.25) is 0 Å². The Balaban J connectivity index is 1.79. The third-order valence-corrected chi connectivity index (χ3v) is 6.13. The number of hydrogen-bond acceptors (Lipinski definition) is 9. The number of ether oxygens (including phenoxy) is 3. The average Bonchev–Trinajstić information content (AvgIpc) is 3.02. The van der Waals surface area contributed by atoms with Crippen molar-refractivity contribution in [3.05, 3.63) is 24.5 Å². The molecule has 2 fully saturated rings. The Hall–Kier alpha value is -1.33. The third kappa shape index (κ3) is 4.00. The zero-order valence-electron chi connectivity index (χ0n) is 16.6. The van der Waals surface area contributed by atoms with Crippen molar-refractivity contribution in [1.29, 1.82) is 0 Å². The van der Waals surface area contributed by atoms with E-state index in [0.717, 1.165) is 0 Å². The molecule has 0 unspecified atom stereocenters. The average molecular weight is 414 g/mol. The molecule has 2 heterocycles. The molecule has 0 bridgehead atoms. The number of carbonyl (C=O) groups is 1. The van der Waals surface area contributed by atoms with Crippen molar-refractivity contribution < 1.29 is 44.5 Å². The fraction of sp³-hybridized carbons (Fsp3) is 0.750. The lowest BCUT2D eigenvalue weighted by Gasteiger charge is -2.43. The second-order valence-corrected chi connectivity index (χ2v) is 8.63. The van der Waals surface area contributed by atoms with E-state index >= 15 is 0 Å². The van der Waals surface area contributed by atoms with E-state index in [1.807, 2.05) is 0 Å². The molecular weight excluding hydrogens is 384 g/mol. The first-order valence-electron chi connectivity index (χ1n) is 9.74. The minimum atomic E-state index is -1.55. The first-order chi connectivity index (χ1) is 13.5. The Morgan fingerprint density at radius 3 is 2.55 bits per heavy atom. The Morgan fingerprint density at radius 2 is 1.93 bits per heavy atom. The smallest absolute Gasteiger partial charge is 0.187 e. The van der Waals surface area contributed by atoms with Crippen LogP contribution in [0.5, 0.6) is 0 Å². The highest BCUT2D eigenvalue weighted by molar-refractivity contribution is 5.95. The second kappa shape index (κ2) is 8.07. The van der Waals surface area contributed by atoms with Crippen LogP contribution >= 0.6 is 0 Å². The molecule has 0 aromatic heterocycles. The molecule has 8 atom stereocenters. The van der Waals surface area contributed by atoms with Gasteiger partial charge in [-0.05, 0) is 26.7 Å². The highest BCUT2D eigenvalue weighted by Gasteiger charge is 2.55.